The Hall–Kier alpha value is -1.92. The third-order valence-corrected chi connectivity index (χ3v) is 7.24. The van der Waals surface area contributed by atoms with Gasteiger partial charge < -0.3 is 15.3 Å². The van der Waals surface area contributed by atoms with Gasteiger partial charge in [-0.1, -0.05) is 25.1 Å². The lowest BCUT2D eigenvalue weighted by Gasteiger charge is -2.28. The van der Waals surface area contributed by atoms with Crippen molar-refractivity contribution >= 4 is 33.2 Å². The molecule has 2 heterocycles. The van der Waals surface area contributed by atoms with Crippen molar-refractivity contribution in [2.24, 2.45) is 5.92 Å². The van der Waals surface area contributed by atoms with Crippen LogP contribution in [-0.4, -0.2) is 47.1 Å². The van der Waals surface area contributed by atoms with E-state index in [4.69, 9.17) is 0 Å². The highest BCUT2D eigenvalue weighted by Gasteiger charge is 2.26. The predicted octanol–water partition coefficient (Wildman–Crippen LogP) is 4.13. The van der Waals surface area contributed by atoms with Gasteiger partial charge in [0, 0.05) is 36.7 Å². The second-order valence-electron chi connectivity index (χ2n) is 9.08. The summed E-state index contributed by atoms with van der Waals surface area (Å²) in [7, 11) is 1.81. The number of benzene rings is 1. The molecule has 0 aliphatic carbocycles. The molecule has 1 aliphatic rings. The van der Waals surface area contributed by atoms with Crippen LogP contribution in [0.15, 0.2) is 29.6 Å². The van der Waals surface area contributed by atoms with Gasteiger partial charge in [0.1, 0.15) is 0 Å². The van der Waals surface area contributed by atoms with E-state index in [1.165, 1.54) is 15.6 Å². The summed E-state index contributed by atoms with van der Waals surface area (Å²) in [5, 5.41) is 17.1. The fourth-order valence-electron chi connectivity index (χ4n) is 4.21. The second-order valence-corrected chi connectivity index (χ2v) is 9.99. The summed E-state index contributed by atoms with van der Waals surface area (Å²) in [4.78, 5) is 27.4. The zero-order valence-electron chi connectivity index (χ0n) is 18.3. The number of hydrogen-bond donors (Lipinski definition) is 2. The van der Waals surface area contributed by atoms with Crippen LogP contribution in [0.25, 0.3) is 10.1 Å². The summed E-state index contributed by atoms with van der Waals surface area (Å²) in [6, 6.07) is 8.04. The highest BCUT2D eigenvalue weighted by atomic mass is 32.1. The standard InChI is InChI=1S/C24H34N2O3S/c1-17-8-6-11-24(2,29)12-7-13-26(3)22(27)15-19(25-23(17)28)14-18-16-30-21-10-5-4-9-20(18)21/h4-5,9-10,16-17,19,29H,6-8,11-15H2,1-3H3,(H,25,28). The molecule has 2 aromatic rings. The van der Waals surface area contributed by atoms with Crippen LogP contribution in [0.5, 0.6) is 0 Å². The molecule has 3 atom stereocenters. The van der Waals surface area contributed by atoms with Gasteiger partial charge in [0.05, 0.1) is 5.60 Å². The minimum Gasteiger partial charge on any atom is -0.390 e. The van der Waals surface area contributed by atoms with Crippen molar-refractivity contribution in [3.63, 3.8) is 0 Å². The Morgan fingerprint density at radius 2 is 1.97 bits per heavy atom. The number of carbonyl (C=O) groups excluding carboxylic acids is 2. The SMILES string of the molecule is CC1CCCC(C)(O)CCCN(C)C(=O)CC(Cc2csc3ccccc23)NC1=O. The second kappa shape index (κ2) is 9.92. The van der Waals surface area contributed by atoms with Crippen LogP contribution >= 0.6 is 11.3 Å². The molecule has 0 bridgehead atoms. The number of fused-ring (bicyclic) bond motifs is 1. The maximum atomic E-state index is 12.9. The largest absolute Gasteiger partial charge is 0.390 e. The van der Waals surface area contributed by atoms with E-state index in [9.17, 15) is 14.7 Å². The van der Waals surface area contributed by atoms with Gasteiger partial charge in [-0.2, -0.15) is 0 Å². The molecule has 2 N–H and O–H groups in total. The predicted molar refractivity (Wildman–Crippen MR) is 123 cm³/mol. The maximum Gasteiger partial charge on any atom is 0.224 e. The third-order valence-electron chi connectivity index (χ3n) is 6.23. The van der Waals surface area contributed by atoms with Gasteiger partial charge in [0.2, 0.25) is 11.8 Å². The lowest BCUT2D eigenvalue weighted by Crippen LogP contribution is -2.43. The highest BCUT2D eigenvalue weighted by molar-refractivity contribution is 7.17. The molecular weight excluding hydrogens is 396 g/mol. The summed E-state index contributed by atoms with van der Waals surface area (Å²) in [6.45, 7) is 4.40. The van der Waals surface area contributed by atoms with Crippen LogP contribution in [0, 0.1) is 5.92 Å². The van der Waals surface area contributed by atoms with E-state index >= 15 is 0 Å². The van der Waals surface area contributed by atoms with Crippen molar-refractivity contribution in [2.45, 2.75) is 70.4 Å². The number of hydrogen-bond acceptors (Lipinski definition) is 4. The molecule has 6 heteroatoms. The average molecular weight is 431 g/mol. The fourth-order valence-corrected chi connectivity index (χ4v) is 5.18. The number of thiophene rings is 1. The normalized spacial score (nSPS) is 27.7. The maximum absolute atomic E-state index is 12.9. The summed E-state index contributed by atoms with van der Waals surface area (Å²) in [5.41, 5.74) is 0.438. The lowest BCUT2D eigenvalue weighted by atomic mass is 9.90. The van der Waals surface area contributed by atoms with E-state index in [0.717, 1.165) is 19.3 Å². The molecular formula is C24H34N2O3S. The van der Waals surface area contributed by atoms with E-state index in [1.807, 2.05) is 33.0 Å². The first-order valence-electron chi connectivity index (χ1n) is 11.0. The monoisotopic (exact) mass is 430 g/mol. The van der Waals surface area contributed by atoms with Gasteiger partial charge in [-0.05, 0) is 67.8 Å². The molecule has 30 heavy (non-hydrogen) atoms. The Balaban J connectivity index is 1.77. The van der Waals surface area contributed by atoms with Crippen LogP contribution < -0.4 is 5.32 Å². The van der Waals surface area contributed by atoms with Crippen LogP contribution in [0.3, 0.4) is 0 Å². The number of nitrogens with zero attached hydrogens (tertiary/aromatic N) is 1. The van der Waals surface area contributed by atoms with E-state index in [-0.39, 0.29) is 30.2 Å². The number of amides is 2. The average Bonchev–Trinajstić information content (AvgIpc) is 3.09. The molecule has 0 saturated carbocycles. The molecule has 0 radical (unpaired) electrons. The molecule has 5 nitrogen and oxygen atoms in total. The molecule has 1 saturated heterocycles. The summed E-state index contributed by atoms with van der Waals surface area (Å²) >= 11 is 1.70. The van der Waals surface area contributed by atoms with Crippen LogP contribution in [0.1, 0.15) is 57.9 Å². The van der Waals surface area contributed by atoms with Gasteiger partial charge in [-0.25, -0.2) is 0 Å². The molecule has 1 fully saturated rings. The quantitative estimate of drug-likeness (QED) is 0.753. The highest BCUT2D eigenvalue weighted by Crippen LogP contribution is 2.27. The van der Waals surface area contributed by atoms with E-state index in [2.05, 4.69) is 22.8 Å². The van der Waals surface area contributed by atoms with E-state index < -0.39 is 5.60 Å². The minimum atomic E-state index is -0.743. The minimum absolute atomic E-state index is 0.00769. The summed E-state index contributed by atoms with van der Waals surface area (Å²) in [5.74, 6) is -0.117. The molecule has 1 aromatic carbocycles. The number of rotatable bonds is 2. The van der Waals surface area contributed by atoms with Gasteiger partial charge in [-0.15, -0.1) is 11.3 Å². The molecule has 3 rings (SSSR count). The zero-order chi connectivity index (χ0) is 21.7. The number of carbonyl (C=O) groups is 2. The Kier molecular flexibility index (Phi) is 7.53. The molecule has 1 aliphatic heterocycles. The van der Waals surface area contributed by atoms with E-state index in [0.29, 0.717) is 25.8 Å². The Bertz CT molecular complexity index is 844. The first-order chi connectivity index (χ1) is 14.2. The fraction of sp³-hybridized carbons (Fsp3) is 0.583. The summed E-state index contributed by atoms with van der Waals surface area (Å²) in [6.07, 6.45) is 4.60. The molecule has 2 amide bonds. The Morgan fingerprint density at radius 3 is 2.77 bits per heavy atom. The molecule has 164 valence electrons. The molecule has 1 aromatic heterocycles. The first-order valence-corrected chi connectivity index (χ1v) is 11.8. The Labute approximate surface area is 183 Å². The van der Waals surface area contributed by atoms with Gasteiger partial charge in [0.25, 0.3) is 0 Å². The lowest BCUT2D eigenvalue weighted by molar-refractivity contribution is -0.131. The van der Waals surface area contributed by atoms with E-state index in [1.54, 1.807) is 16.2 Å². The molecule has 0 spiro atoms. The molecule has 3 unspecified atom stereocenters. The van der Waals surface area contributed by atoms with Crippen molar-refractivity contribution in [3.05, 3.63) is 35.2 Å². The van der Waals surface area contributed by atoms with Gasteiger partial charge in [0.15, 0.2) is 0 Å². The van der Waals surface area contributed by atoms with Crippen molar-refractivity contribution < 1.29 is 14.7 Å². The first kappa shape index (κ1) is 22.8. The van der Waals surface area contributed by atoms with Gasteiger partial charge in [-0.3, -0.25) is 9.59 Å². The topological polar surface area (TPSA) is 69.6 Å². The smallest absolute Gasteiger partial charge is 0.224 e. The number of aliphatic hydroxyl groups is 1. The van der Waals surface area contributed by atoms with Crippen molar-refractivity contribution in [2.75, 3.05) is 13.6 Å². The summed E-state index contributed by atoms with van der Waals surface area (Å²) < 4.78 is 1.23. The van der Waals surface area contributed by atoms with Crippen LogP contribution in [0.4, 0.5) is 0 Å². The Morgan fingerprint density at radius 1 is 1.23 bits per heavy atom. The van der Waals surface area contributed by atoms with Crippen molar-refractivity contribution in [1.29, 1.82) is 0 Å². The van der Waals surface area contributed by atoms with Crippen molar-refractivity contribution in [3.8, 4) is 0 Å². The zero-order valence-corrected chi connectivity index (χ0v) is 19.1. The van der Waals surface area contributed by atoms with Crippen LogP contribution in [0.2, 0.25) is 0 Å². The van der Waals surface area contributed by atoms with Crippen molar-refractivity contribution in [1.82, 2.24) is 10.2 Å². The van der Waals surface area contributed by atoms with Crippen LogP contribution in [-0.2, 0) is 16.0 Å². The number of nitrogens with one attached hydrogen (secondary N) is 1. The third kappa shape index (κ3) is 6.05. The van der Waals surface area contributed by atoms with Gasteiger partial charge >= 0.3 is 0 Å².